The van der Waals surface area contributed by atoms with Gasteiger partial charge < -0.3 is 18.9 Å². The van der Waals surface area contributed by atoms with E-state index in [-0.39, 0.29) is 12.5 Å². The summed E-state index contributed by atoms with van der Waals surface area (Å²) >= 11 is 0. The van der Waals surface area contributed by atoms with Gasteiger partial charge in [-0.1, -0.05) is 19.0 Å². The molecule has 2 heterocycles. The number of piperazine rings is 1. The second-order valence-corrected chi connectivity index (χ2v) is 7.32. The van der Waals surface area contributed by atoms with Gasteiger partial charge in [-0.25, -0.2) is 0 Å². The Morgan fingerprint density at radius 2 is 1.82 bits per heavy atom. The Hall–Kier alpha value is -2.61. The van der Waals surface area contributed by atoms with Crippen LogP contribution in [0, 0.1) is 5.92 Å². The van der Waals surface area contributed by atoms with Gasteiger partial charge in [0.25, 0.3) is 0 Å². The normalized spacial score (nSPS) is 15.1. The fraction of sp³-hybridized carbons (Fsp3) is 0.550. The van der Waals surface area contributed by atoms with Crippen LogP contribution in [0.15, 0.2) is 28.8 Å². The third-order valence-electron chi connectivity index (χ3n) is 4.60. The fourth-order valence-electron chi connectivity index (χ4n) is 3.06. The van der Waals surface area contributed by atoms with Crippen molar-refractivity contribution in [2.24, 2.45) is 5.92 Å². The molecule has 0 radical (unpaired) electrons. The van der Waals surface area contributed by atoms with Crippen molar-refractivity contribution in [2.75, 3.05) is 33.3 Å². The lowest BCUT2D eigenvalue weighted by Gasteiger charge is -2.34. The molecule has 0 bridgehead atoms. The first-order chi connectivity index (χ1) is 13.5. The number of amides is 1. The molecular formula is C20H28N4O4. The number of benzene rings is 1. The standard InChI is InChI=1S/C20H28N4O4/c1-15(2)12-20(25)24-10-8-23(9-11-24)13-19-21-18(22-28-19)14-27-17-6-4-16(26-3)5-7-17/h4-7,15H,8-14H2,1-3H3. The van der Waals surface area contributed by atoms with Crippen molar-refractivity contribution in [1.82, 2.24) is 19.9 Å². The monoisotopic (exact) mass is 388 g/mol. The summed E-state index contributed by atoms with van der Waals surface area (Å²) < 4.78 is 16.1. The molecule has 0 aliphatic carbocycles. The van der Waals surface area contributed by atoms with E-state index in [0.29, 0.717) is 36.3 Å². The number of carbonyl (C=O) groups is 1. The highest BCUT2D eigenvalue weighted by Crippen LogP contribution is 2.18. The van der Waals surface area contributed by atoms with E-state index in [1.807, 2.05) is 29.2 Å². The number of hydrogen-bond acceptors (Lipinski definition) is 7. The Kier molecular flexibility index (Phi) is 6.86. The molecule has 1 aromatic carbocycles. The van der Waals surface area contributed by atoms with Gasteiger partial charge in [0.05, 0.1) is 13.7 Å². The summed E-state index contributed by atoms with van der Waals surface area (Å²) in [7, 11) is 1.63. The second-order valence-electron chi connectivity index (χ2n) is 7.32. The highest BCUT2D eigenvalue weighted by atomic mass is 16.5. The Balaban J connectivity index is 1.43. The molecule has 0 atom stereocenters. The minimum Gasteiger partial charge on any atom is -0.497 e. The Morgan fingerprint density at radius 3 is 2.46 bits per heavy atom. The zero-order valence-electron chi connectivity index (χ0n) is 16.8. The minimum atomic E-state index is 0.241. The molecule has 0 unspecified atom stereocenters. The zero-order valence-corrected chi connectivity index (χ0v) is 16.8. The zero-order chi connectivity index (χ0) is 19.9. The second kappa shape index (κ2) is 9.54. The lowest BCUT2D eigenvalue weighted by atomic mass is 10.1. The number of aromatic nitrogens is 2. The van der Waals surface area contributed by atoms with Gasteiger partial charge in [-0.2, -0.15) is 4.98 Å². The number of carbonyl (C=O) groups excluding carboxylic acids is 1. The van der Waals surface area contributed by atoms with Crippen molar-refractivity contribution in [1.29, 1.82) is 0 Å². The van der Waals surface area contributed by atoms with Crippen LogP contribution in [0.3, 0.4) is 0 Å². The molecule has 8 heteroatoms. The van der Waals surface area contributed by atoms with Crippen molar-refractivity contribution in [3.63, 3.8) is 0 Å². The summed E-state index contributed by atoms with van der Waals surface area (Å²) in [5.41, 5.74) is 0. The van der Waals surface area contributed by atoms with Crippen LogP contribution in [0.5, 0.6) is 11.5 Å². The highest BCUT2D eigenvalue weighted by Gasteiger charge is 2.22. The van der Waals surface area contributed by atoms with Crippen LogP contribution in [0.1, 0.15) is 32.0 Å². The van der Waals surface area contributed by atoms with Crippen molar-refractivity contribution in [2.45, 2.75) is 33.4 Å². The Bertz CT molecular complexity index is 752. The van der Waals surface area contributed by atoms with Crippen LogP contribution in [-0.2, 0) is 17.9 Å². The Morgan fingerprint density at radius 1 is 1.14 bits per heavy atom. The van der Waals surface area contributed by atoms with Gasteiger partial charge in [0.1, 0.15) is 11.5 Å². The topological polar surface area (TPSA) is 80.9 Å². The molecule has 1 amide bonds. The molecule has 3 rings (SSSR count). The first-order valence-electron chi connectivity index (χ1n) is 9.62. The van der Waals surface area contributed by atoms with Gasteiger partial charge in [0, 0.05) is 32.6 Å². The van der Waals surface area contributed by atoms with Gasteiger partial charge >= 0.3 is 0 Å². The van der Waals surface area contributed by atoms with Crippen LogP contribution < -0.4 is 9.47 Å². The molecule has 0 N–H and O–H groups in total. The molecular weight excluding hydrogens is 360 g/mol. The van der Waals surface area contributed by atoms with Crippen LogP contribution in [0.2, 0.25) is 0 Å². The molecule has 0 spiro atoms. The van der Waals surface area contributed by atoms with Gasteiger partial charge in [-0.15, -0.1) is 0 Å². The van der Waals surface area contributed by atoms with Crippen molar-refractivity contribution < 1.29 is 18.8 Å². The molecule has 1 aliphatic rings. The minimum absolute atomic E-state index is 0.241. The first-order valence-corrected chi connectivity index (χ1v) is 9.62. The average molecular weight is 388 g/mol. The summed E-state index contributed by atoms with van der Waals surface area (Å²) in [6.07, 6.45) is 0.612. The van der Waals surface area contributed by atoms with Gasteiger partial charge in [0.15, 0.2) is 6.61 Å². The SMILES string of the molecule is COc1ccc(OCc2noc(CN3CCN(C(=O)CC(C)C)CC3)n2)cc1. The summed E-state index contributed by atoms with van der Waals surface area (Å²) in [6.45, 7) is 8.07. The van der Waals surface area contributed by atoms with Crippen molar-refractivity contribution in [3.05, 3.63) is 36.0 Å². The molecule has 8 nitrogen and oxygen atoms in total. The summed E-state index contributed by atoms with van der Waals surface area (Å²) in [6, 6.07) is 7.34. The maximum absolute atomic E-state index is 12.1. The van der Waals surface area contributed by atoms with E-state index >= 15 is 0 Å². The fourth-order valence-corrected chi connectivity index (χ4v) is 3.06. The Labute approximate surface area is 165 Å². The quantitative estimate of drug-likeness (QED) is 0.687. The number of nitrogens with zero attached hydrogens (tertiary/aromatic N) is 4. The van der Waals surface area contributed by atoms with Crippen molar-refractivity contribution >= 4 is 5.91 Å². The van der Waals surface area contributed by atoms with Gasteiger partial charge in [-0.05, 0) is 30.2 Å². The molecule has 1 saturated heterocycles. The van der Waals surface area contributed by atoms with E-state index in [1.165, 1.54) is 0 Å². The van der Waals surface area contributed by atoms with E-state index in [9.17, 15) is 4.79 Å². The van der Waals surface area contributed by atoms with E-state index < -0.39 is 0 Å². The third-order valence-corrected chi connectivity index (χ3v) is 4.60. The van der Waals surface area contributed by atoms with E-state index in [2.05, 4.69) is 28.9 Å². The van der Waals surface area contributed by atoms with E-state index in [1.54, 1.807) is 7.11 Å². The number of rotatable bonds is 8. The van der Waals surface area contributed by atoms with Crippen LogP contribution >= 0.6 is 0 Å². The van der Waals surface area contributed by atoms with Crippen LogP contribution in [0.4, 0.5) is 0 Å². The number of hydrogen-bond donors (Lipinski definition) is 0. The molecule has 28 heavy (non-hydrogen) atoms. The molecule has 1 aromatic heterocycles. The summed E-state index contributed by atoms with van der Waals surface area (Å²) in [4.78, 5) is 20.7. The predicted octanol–water partition coefficient (Wildman–Crippen LogP) is 2.35. The van der Waals surface area contributed by atoms with Crippen LogP contribution in [0.25, 0.3) is 0 Å². The molecule has 2 aromatic rings. The van der Waals surface area contributed by atoms with E-state index in [4.69, 9.17) is 14.0 Å². The molecule has 1 fully saturated rings. The molecule has 1 aliphatic heterocycles. The number of ether oxygens (including phenoxy) is 2. The third kappa shape index (κ3) is 5.69. The maximum Gasteiger partial charge on any atom is 0.240 e. The van der Waals surface area contributed by atoms with Crippen molar-refractivity contribution in [3.8, 4) is 11.5 Å². The van der Waals surface area contributed by atoms with E-state index in [0.717, 1.165) is 31.9 Å². The maximum atomic E-state index is 12.1. The van der Waals surface area contributed by atoms with Gasteiger partial charge in [0.2, 0.25) is 17.6 Å². The molecule has 152 valence electrons. The first kappa shape index (κ1) is 20.1. The highest BCUT2D eigenvalue weighted by molar-refractivity contribution is 5.76. The van der Waals surface area contributed by atoms with Gasteiger partial charge in [-0.3, -0.25) is 9.69 Å². The number of methoxy groups -OCH3 is 1. The largest absolute Gasteiger partial charge is 0.497 e. The lowest BCUT2D eigenvalue weighted by molar-refractivity contribution is -0.133. The lowest BCUT2D eigenvalue weighted by Crippen LogP contribution is -2.48. The smallest absolute Gasteiger partial charge is 0.240 e. The predicted molar refractivity (Wildman–Crippen MR) is 103 cm³/mol. The summed E-state index contributed by atoms with van der Waals surface area (Å²) in [5.74, 6) is 3.20. The molecule has 0 saturated carbocycles. The summed E-state index contributed by atoms with van der Waals surface area (Å²) in [5, 5.41) is 3.98. The van der Waals surface area contributed by atoms with Crippen LogP contribution in [-0.4, -0.2) is 59.1 Å². The average Bonchev–Trinajstić information content (AvgIpc) is 3.14.